The normalized spacial score (nSPS) is 12.4. The van der Waals surface area contributed by atoms with Crippen molar-refractivity contribution in [2.24, 2.45) is 5.41 Å². The van der Waals surface area contributed by atoms with Crippen molar-refractivity contribution in [1.29, 1.82) is 0 Å². The van der Waals surface area contributed by atoms with Crippen LogP contribution >= 0.6 is 7.26 Å². The lowest BCUT2D eigenvalue weighted by atomic mass is 9.79. The van der Waals surface area contributed by atoms with E-state index < -0.39 is 17.8 Å². The van der Waals surface area contributed by atoms with E-state index in [1.165, 1.54) is 26.9 Å². The number of benzene rings is 4. The van der Waals surface area contributed by atoms with Crippen molar-refractivity contribution in [3.8, 4) is 0 Å². The first-order valence-corrected chi connectivity index (χ1v) is 15.5. The fourth-order valence-electron chi connectivity index (χ4n) is 5.94. The summed E-state index contributed by atoms with van der Waals surface area (Å²) in [5, 5.41) is 7.97. The Morgan fingerprint density at radius 2 is 1.15 bits per heavy atom. The first kappa shape index (κ1) is 26.9. The fourth-order valence-corrected chi connectivity index (χ4v) is 11.6. The Balaban J connectivity index is 1.55. The highest BCUT2D eigenvalue weighted by Crippen LogP contribution is 2.70. The van der Waals surface area contributed by atoms with Crippen molar-refractivity contribution in [2.75, 3.05) is 6.54 Å². The van der Waals surface area contributed by atoms with E-state index in [1.54, 1.807) is 0 Å². The molecule has 0 atom stereocenters. The molecule has 198 valence electrons. The number of carbonyl (C=O) groups is 1. The minimum absolute atomic E-state index is 0.0829. The summed E-state index contributed by atoms with van der Waals surface area (Å²) in [6.45, 7) is 9.43. The summed E-state index contributed by atoms with van der Waals surface area (Å²) in [6.07, 6.45) is 2.84. The van der Waals surface area contributed by atoms with Crippen LogP contribution in [0.2, 0.25) is 0 Å². The highest BCUT2D eigenvalue weighted by molar-refractivity contribution is 7.97. The maximum atomic E-state index is 14.1. The maximum Gasteiger partial charge on any atom is 0.229 e. The lowest BCUT2D eigenvalue weighted by molar-refractivity contribution is -0.130. The number of rotatable bonds is 9. The average molecular weight is 534 g/mol. The molecule has 4 heteroatoms. The highest BCUT2D eigenvalue weighted by Gasteiger charge is 2.65. The van der Waals surface area contributed by atoms with Gasteiger partial charge in [0.2, 0.25) is 5.91 Å². The summed E-state index contributed by atoms with van der Waals surface area (Å²) in [4.78, 5) is 17.5. The van der Waals surface area contributed by atoms with Gasteiger partial charge in [0.05, 0.1) is 5.41 Å². The molecule has 0 radical (unpaired) electrons. The van der Waals surface area contributed by atoms with Crippen LogP contribution in [-0.2, 0) is 11.2 Å². The highest BCUT2D eigenvalue weighted by atomic mass is 31.2. The van der Waals surface area contributed by atoms with Crippen LogP contribution in [0.4, 0.5) is 0 Å². The van der Waals surface area contributed by atoms with Gasteiger partial charge >= 0.3 is 0 Å². The predicted octanol–water partition coefficient (Wildman–Crippen LogP) is 6.63. The van der Waals surface area contributed by atoms with Crippen molar-refractivity contribution in [1.82, 2.24) is 10.3 Å². The van der Waals surface area contributed by atoms with Gasteiger partial charge < -0.3 is 10.3 Å². The Kier molecular flexibility index (Phi) is 7.47. The van der Waals surface area contributed by atoms with E-state index in [9.17, 15) is 4.79 Å². The zero-order valence-corrected chi connectivity index (χ0v) is 24.2. The number of fused-ring (bicyclic) bond motifs is 1. The van der Waals surface area contributed by atoms with Crippen molar-refractivity contribution >= 4 is 40.0 Å². The molecule has 0 bridgehead atoms. The quantitative estimate of drug-likeness (QED) is 0.205. The van der Waals surface area contributed by atoms with E-state index in [0.29, 0.717) is 6.54 Å². The molecule has 5 aromatic rings. The molecule has 0 unspecified atom stereocenters. The second kappa shape index (κ2) is 10.8. The molecular formula is C35H38N2OP+. The van der Waals surface area contributed by atoms with Crippen LogP contribution in [0.25, 0.3) is 10.9 Å². The minimum atomic E-state index is -2.31. The number of hydrogen-bond acceptors (Lipinski definition) is 1. The topological polar surface area (TPSA) is 44.9 Å². The predicted molar refractivity (Wildman–Crippen MR) is 168 cm³/mol. The molecule has 1 heterocycles. The molecule has 39 heavy (non-hydrogen) atoms. The van der Waals surface area contributed by atoms with Crippen LogP contribution in [0.1, 0.15) is 33.3 Å². The number of hydrogen-bond donors (Lipinski definition) is 2. The first-order valence-electron chi connectivity index (χ1n) is 13.7. The number of aromatic amines is 1. The summed E-state index contributed by atoms with van der Waals surface area (Å²) >= 11 is 0. The lowest BCUT2D eigenvalue weighted by Crippen LogP contribution is -2.57. The van der Waals surface area contributed by atoms with Gasteiger partial charge in [-0.25, -0.2) is 0 Å². The number of para-hydroxylation sites is 1. The van der Waals surface area contributed by atoms with Gasteiger partial charge in [-0.15, -0.1) is 0 Å². The number of nitrogens with one attached hydrogen (secondary N) is 2. The van der Waals surface area contributed by atoms with Crippen LogP contribution < -0.4 is 21.2 Å². The number of amides is 1. The third-order valence-corrected chi connectivity index (χ3v) is 14.2. The molecule has 0 aliphatic heterocycles. The van der Waals surface area contributed by atoms with Crippen molar-refractivity contribution in [3.05, 3.63) is 127 Å². The van der Waals surface area contributed by atoms with Crippen molar-refractivity contribution in [3.63, 3.8) is 0 Å². The Morgan fingerprint density at radius 1 is 0.692 bits per heavy atom. The molecular weight excluding hydrogens is 495 g/mol. The summed E-state index contributed by atoms with van der Waals surface area (Å²) < 4.78 is 0. The summed E-state index contributed by atoms with van der Waals surface area (Å²) in [6, 6.07) is 40.8. The van der Waals surface area contributed by atoms with Gasteiger partial charge in [-0.3, -0.25) is 4.79 Å². The second-order valence-electron chi connectivity index (χ2n) is 11.2. The number of aromatic nitrogens is 1. The molecule has 1 aromatic heterocycles. The molecule has 3 nitrogen and oxygen atoms in total. The van der Waals surface area contributed by atoms with Gasteiger partial charge in [0, 0.05) is 23.6 Å². The molecule has 4 aromatic carbocycles. The van der Waals surface area contributed by atoms with Gasteiger partial charge in [-0.05, 0) is 82.1 Å². The molecule has 0 fully saturated rings. The van der Waals surface area contributed by atoms with Gasteiger partial charge in [0.1, 0.15) is 28.3 Å². The fraction of sp³-hybridized carbons (Fsp3) is 0.229. The van der Waals surface area contributed by atoms with Crippen molar-refractivity contribution < 1.29 is 4.79 Å². The first-order chi connectivity index (χ1) is 18.8. The lowest BCUT2D eigenvalue weighted by Gasteiger charge is -2.48. The van der Waals surface area contributed by atoms with E-state index in [4.69, 9.17) is 0 Å². The summed E-state index contributed by atoms with van der Waals surface area (Å²) in [5.41, 5.74) is 1.67. The van der Waals surface area contributed by atoms with E-state index in [1.807, 2.05) is 6.07 Å². The van der Waals surface area contributed by atoms with Crippen LogP contribution in [0, 0.1) is 5.41 Å². The second-order valence-corrected chi connectivity index (χ2v) is 15.2. The molecule has 0 aliphatic rings. The molecule has 5 rings (SSSR count). The number of H-pyrrole nitrogens is 1. The van der Waals surface area contributed by atoms with Crippen molar-refractivity contribution in [2.45, 2.75) is 39.3 Å². The summed E-state index contributed by atoms with van der Waals surface area (Å²) in [5.74, 6) is 0.0829. The standard InChI is InChI=1S/C35H37N2OP/c1-34(2,33(38)36-25-24-27-26-37-32-23-15-14-22-31(27)32)35(3,4)39(28-16-8-5-9-17-28,29-18-10-6-11-19-29)30-20-12-7-13-21-30/h5-23,26,37H,24-25H2,1-4H3/p+1. The minimum Gasteiger partial charge on any atom is -0.361 e. The molecule has 1 amide bonds. The zero-order chi connectivity index (χ0) is 27.5. The van der Waals surface area contributed by atoms with Crippen LogP contribution in [-0.4, -0.2) is 22.6 Å². The Hall–Kier alpha value is -3.68. The zero-order valence-electron chi connectivity index (χ0n) is 23.3. The van der Waals surface area contributed by atoms with E-state index in [2.05, 4.69) is 153 Å². The molecule has 0 saturated heterocycles. The number of carbonyl (C=O) groups excluding carboxylic acids is 1. The Morgan fingerprint density at radius 3 is 1.67 bits per heavy atom. The SMILES string of the molecule is CC(C)(C(=O)NCCc1c[nH]c2ccccc12)C(C)(C)[P+](c1ccccc1)(c1ccccc1)c1ccccc1. The van der Waals surface area contributed by atoms with Crippen LogP contribution in [0.5, 0.6) is 0 Å². The Bertz CT molecular complexity index is 1440. The van der Waals surface area contributed by atoms with E-state index in [-0.39, 0.29) is 5.91 Å². The monoisotopic (exact) mass is 533 g/mol. The molecule has 0 aliphatic carbocycles. The van der Waals surface area contributed by atoms with E-state index in [0.717, 1.165) is 11.9 Å². The maximum absolute atomic E-state index is 14.1. The smallest absolute Gasteiger partial charge is 0.229 e. The third kappa shape index (κ3) is 4.60. The summed E-state index contributed by atoms with van der Waals surface area (Å²) in [7, 11) is -2.31. The third-order valence-electron chi connectivity index (χ3n) is 8.72. The molecule has 2 N–H and O–H groups in total. The van der Waals surface area contributed by atoms with Crippen LogP contribution in [0.3, 0.4) is 0 Å². The Labute approximate surface area is 233 Å². The average Bonchev–Trinajstić information content (AvgIpc) is 3.38. The van der Waals surface area contributed by atoms with Gasteiger partial charge in [0.25, 0.3) is 0 Å². The molecule has 0 saturated carbocycles. The van der Waals surface area contributed by atoms with Gasteiger partial charge in [0.15, 0.2) is 0 Å². The van der Waals surface area contributed by atoms with Gasteiger partial charge in [-0.2, -0.15) is 0 Å². The van der Waals surface area contributed by atoms with Gasteiger partial charge in [-0.1, -0.05) is 72.8 Å². The van der Waals surface area contributed by atoms with Crippen LogP contribution in [0.15, 0.2) is 121 Å². The van der Waals surface area contributed by atoms with E-state index >= 15 is 0 Å². The molecule has 0 spiro atoms. The largest absolute Gasteiger partial charge is 0.361 e.